The lowest BCUT2D eigenvalue weighted by Crippen LogP contribution is -2.19. The van der Waals surface area contributed by atoms with Gasteiger partial charge in [0, 0.05) is 26.5 Å². The molecule has 0 amide bonds. The van der Waals surface area contributed by atoms with Crippen LogP contribution in [0.4, 0.5) is 0 Å². The first kappa shape index (κ1) is 26.4. The van der Waals surface area contributed by atoms with Crippen LogP contribution in [0.5, 0.6) is 0 Å². The van der Waals surface area contributed by atoms with E-state index < -0.39 is 0 Å². The molecule has 30 heavy (non-hydrogen) atoms. The second-order valence-electron chi connectivity index (χ2n) is 8.72. The van der Waals surface area contributed by atoms with Gasteiger partial charge in [0.15, 0.2) is 0 Å². The Morgan fingerprint density at radius 1 is 1.10 bits per heavy atom. The normalized spacial score (nSPS) is 20.6. The molecule has 0 fully saturated rings. The number of allylic oxidation sites excluding steroid dienone is 5. The van der Waals surface area contributed by atoms with Gasteiger partial charge >= 0.3 is 0 Å². The maximum atomic E-state index is 3.91. The van der Waals surface area contributed by atoms with Crippen molar-refractivity contribution in [2.75, 3.05) is 20.1 Å². The molecule has 0 unspecified atom stereocenters. The number of unbranched alkanes of at least 4 members (excludes halogenated alkanes) is 3. The lowest BCUT2D eigenvalue weighted by Gasteiger charge is -2.21. The molecule has 0 saturated heterocycles. The molecular weight excluding hydrogens is 366 g/mol. The molecule has 0 aromatic carbocycles. The summed E-state index contributed by atoms with van der Waals surface area (Å²) in [5, 5.41) is 9.30. The average Bonchev–Trinajstić information content (AvgIpc) is 2.74. The van der Waals surface area contributed by atoms with Gasteiger partial charge in [0.25, 0.3) is 0 Å². The average molecular weight is 414 g/mol. The Labute approximate surface area is 187 Å². The smallest absolute Gasteiger partial charge is 0.0296 e. The molecular formula is C27H47N3. The number of hydrazone groups is 1. The SMILES string of the molecule is C=CCCCCC1=C(\C)CCCC/C(CCCCNC/C(=C/N(C)N=C)CC)=C\1C. The zero-order valence-electron chi connectivity index (χ0n) is 20.4. The predicted molar refractivity (Wildman–Crippen MR) is 135 cm³/mol. The molecule has 0 aliphatic heterocycles. The first-order valence-electron chi connectivity index (χ1n) is 12.1. The van der Waals surface area contributed by atoms with E-state index in [1.807, 2.05) is 7.05 Å². The van der Waals surface area contributed by atoms with Crippen molar-refractivity contribution in [3.8, 4) is 0 Å². The molecule has 0 bridgehead atoms. The molecule has 1 aliphatic rings. The summed E-state index contributed by atoms with van der Waals surface area (Å²) in [5.41, 5.74) is 8.02. The van der Waals surface area contributed by atoms with Gasteiger partial charge in [-0.15, -0.1) is 6.58 Å². The van der Waals surface area contributed by atoms with E-state index in [9.17, 15) is 0 Å². The van der Waals surface area contributed by atoms with Crippen LogP contribution in [0.1, 0.15) is 97.8 Å². The third-order valence-corrected chi connectivity index (χ3v) is 6.34. The van der Waals surface area contributed by atoms with E-state index in [4.69, 9.17) is 0 Å². The third-order valence-electron chi connectivity index (χ3n) is 6.34. The summed E-state index contributed by atoms with van der Waals surface area (Å²) in [4.78, 5) is 0. The van der Waals surface area contributed by atoms with Gasteiger partial charge < -0.3 is 5.32 Å². The molecule has 1 N–H and O–H groups in total. The van der Waals surface area contributed by atoms with Crippen molar-refractivity contribution in [2.45, 2.75) is 97.8 Å². The van der Waals surface area contributed by atoms with Crippen LogP contribution in [-0.2, 0) is 0 Å². The summed E-state index contributed by atoms with van der Waals surface area (Å²) in [6.07, 6.45) is 19.2. The minimum atomic E-state index is 0.939. The summed E-state index contributed by atoms with van der Waals surface area (Å²) >= 11 is 0. The van der Waals surface area contributed by atoms with Crippen molar-refractivity contribution in [3.63, 3.8) is 0 Å². The van der Waals surface area contributed by atoms with Crippen molar-refractivity contribution >= 4 is 6.72 Å². The zero-order chi connectivity index (χ0) is 22.2. The summed E-state index contributed by atoms with van der Waals surface area (Å²) in [5.74, 6) is 0. The summed E-state index contributed by atoms with van der Waals surface area (Å²) in [6, 6.07) is 0. The number of rotatable bonds is 15. The minimum Gasteiger partial charge on any atom is -0.313 e. The Hall–Kier alpha value is -1.61. The Balaban J connectivity index is 2.52. The van der Waals surface area contributed by atoms with Crippen molar-refractivity contribution in [1.29, 1.82) is 0 Å². The van der Waals surface area contributed by atoms with Gasteiger partial charge in [-0.2, -0.15) is 5.10 Å². The Morgan fingerprint density at radius 2 is 1.83 bits per heavy atom. The Morgan fingerprint density at radius 3 is 2.53 bits per heavy atom. The van der Waals surface area contributed by atoms with E-state index in [0.717, 1.165) is 25.9 Å². The lowest BCUT2D eigenvalue weighted by atomic mass is 9.85. The molecule has 0 aromatic rings. The molecule has 3 heteroatoms. The highest BCUT2D eigenvalue weighted by Crippen LogP contribution is 2.33. The van der Waals surface area contributed by atoms with Gasteiger partial charge in [0.2, 0.25) is 0 Å². The first-order chi connectivity index (χ1) is 14.5. The van der Waals surface area contributed by atoms with Gasteiger partial charge in [0.05, 0.1) is 0 Å². The fourth-order valence-electron chi connectivity index (χ4n) is 4.31. The molecule has 0 saturated carbocycles. The van der Waals surface area contributed by atoms with Crippen molar-refractivity contribution < 1.29 is 0 Å². The number of nitrogens with one attached hydrogen (secondary N) is 1. The van der Waals surface area contributed by atoms with E-state index in [2.05, 4.69) is 56.8 Å². The van der Waals surface area contributed by atoms with E-state index in [0.29, 0.717) is 0 Å². The predicted octanol–water partition coefficient (Wildman–Crippen LogP) is 7.54. The van der Waals surface area contributed by atoms with Crippen LogP contribution in [0, 0.1) is 0 Å². The van der Waals surface area contributed by atoms with Crippen LogP contribution in [0.2, 0.25) is 0 Å². The fraction of sp³-hybridized carbons (Fsp3) is 0.667. The van der Waals surface area contributed by atoms with E-state index in [1.165, 1.54) is 69.8 Å². The largest absolute Gasteiger partial charge is 0.313 e. The van der Waals surface area contributed by atoms with Crippen LogP contribution < -0.4 is 5.32 Å². The highest BCUT2D eigenvalue weighted by Gasteiger charge is 2.13. The van der Waals surface area contributed by atoms with Crippen molar-refractivity contribution in [3.05, 3.63) is 46.7 Å². The maximum absolute atomic E-state index is 3.91. The fourth-order valence-corrected chi connectivity index (χ4v) is 4.31. The maximum Gasteiger partial charge on any atom is 0.0296 e. The van der Waals surface area contributed by atoms with Crippen LogP contribution in [0.15, 0.2) is 51.8 Å². The molecule has 0 spiro atoms. The highest BCUT2D eigenvalue weighted by molar-refractivity contribution is 5.38. The van der Waals surface area contributed by atoms with Crippen molar-refractivity contribution in [1.82, 2.24) is 10.3 Å². The van der Waals surface area contributed by atoms with Gasteiger partial charge in [-0.3, -0.25) is 5.01 Å². The number of nitrogens with zero attached hydrogens (tertiary/aromatic N) is 2. The number of hydrogen-bond acceptors (Lipinski definition) is 3. The summed E-state index contributed by atoms with van der Waals surface area (Å²) < 4.78 is 0. The quantitative estimate of drug-likeness (QED) is 0.130. The summed E-state index contributed by atoms with van der Waals surface area (Å²) in [7, 11) is 1.93. The third kappa shape index (κ3) is 10.4. The molecule has 0 radical (unpaired) electrons. The minimum absolute atomic E-state index is 0.939. The molecule has 170 valence electrons. The van der Waals surface area contributed by atoms with Crippen LogP contribution >= 0.6 is 0 Å². The molecule has 1 aliphatic carbocycles. The van der Waals surface area contributed by atoms with Gasteiger partial charge in [-0.05, 0) is 114 Å². The standard InChI is InChI=1S/C27H47N3/c1-7-9-10-11-19-27-23(3)16-12-13-17-26(24(27)4)18-14-15-20-29-21-25(8-2)22-30(6)28-5/h7,22,29H,1,5,8-21H2,2-4,6H3/b25-22+,26-24+,27-23-. The molecule has 0 heterocycles. The van der Waals surface area contributed by atoms with Gasteiger partial charge in [0.1, 0.15) is 0 Å². The van der Waals surface area contributed by atoms with Crippen LogP contribution in [0.25, 0.3) is 0 Å². The second-order valence-corrected chi connectivity index (χ2v) is 8.72. The van der Waals surface area contributed by atoms with Gasteiger partial charge in [-0.25, -0.2) is 0 Å². The number of hydrogen-bond donors (Lipinski definition) is 1. The molecule has 1 rings (SSSR count). The van der Waals surface area contributed by atoms with Crippen LogP contribution in [0.3, 0.4) is 0 Å². The van der Waals surface area contributed by atoms with E-state index in [1.54, 1.807) is 27.3 Å². The highest BCUT2D eigenvalue weighted by atomic mass is 15.4. The monoisotopic (exact) mass is 413 g/mol. The summed E-state index contributed by atoms with van der Waals surface area (Å²) in [6.45, 7) is 16.4. The van der Waals surface area contributed by atoms with Gasteiger partial charge in [-0.1, -0.05) is 24.1 Å². The van der Waals surface area contributed by atoms with Crippen LogP contribution in [-0.4, -0.2) is 31.9 Å². The molecule has 0 aromatic heterocycles. The molecule has 3 nitrogen and oxygen atoms in total. The van der Waals surface area contributed by atoms with Crippen molar-refractivity contribution in [2.24, 2.45) is 5.10 Å². The molecule has 0 atom stereocenters. The Kier molecular flexibility index (Phi) is 14.2. The Bertz CT molecular complexity index is 610. The van der Waals surface area contributed by atoms with E-state index in [-0.39, 0.29) is 0 Å². The topological polar surface area (TPSA) is 27.6 Å². The first-order valence-corrected chi connectivity index (χ1v) is 12.1. The lowest BCUT2D eigenvalue weighted by molar-refractivity contribution is 0.485. The second kappa shape index (κ2) is 16.1. The zero-order valence-corrected chi connectivity index (χ0v) is 20.4. The van der Waals surface area contributed by atoms with E-state index >= 15 is 0 Å².